The minimum atomic E-state index is 0.0259. The molecule has 1 heterocycles. The van der Waals surface area contributed by atoms with Crippen LogP contribution < -0.4 is 0 Å². The van der Waals surface area contributed by atoms with Crippen LogP contribution in [0.25, 0.3) is 10.8 Å². The molecule has 160 valence electrons. The van der Waals surface area contributed by atoms with Gasteiger partial charge in [0.05, 0.1) is 21.7 Å². The zero-order chi connectivity index (χ0) is 22.0. The number of fused-ring (bicyclic) bond motifs is 1. The second-order valence-electron chi connectivity index (χ2n) is 8.85. The highest BCUT2D eigenvalue weighted by atomic mass is 35.5. The summed E-state index contributed by atoms with van der Waals surface area (Å²) < 4.78 is 0. The molecular weight excluding hydrogens is 425 g/mol. The summed E-state index contributed by atoms with van der Waals surface area (Å²) >= 11 is 12.6. The Morgan fingerprint density at radius 3 is 2.48 bits per heavy atom. The SMILES string of the molecule is CN1CCC(CN(C)Cc2cc(C#N)cc3ccccc23)(c2ccc(Cl)c(Cl)c2)CC1. The summed E-state index contributed by atoms with van der Waals surface area (Å²) in [5.41, 5.74) is 3.19. The normalized spacial score (nSPS) is 16.5. The molecule has 4 rings (SSSR count). The summed E-state index contributed by atoms with van der Waals surface area (Å²) in [4.78, 5) is 4.77. The van der Waals surface area contributed by atoms with Crippen LogP contribution in [0.15, 0.2) is 54.6 Å². The van der Waals surface area contributed by atoms with E-state index in [1.807, 2.05) is 24.3 Å². The quantitative estimate of drug-likeness (QED) is 0.468. The van der Waals surface area contributed by atoms with Gasteiger partial charge >= 0.3 is 0 Å². The predicted molar refractivity (Wildman–Crippen MR) is 130 cm³/mol. The van der Waals surface area contributed by atoms with Crippen molar-refractivity contribution in [2.45, 2.75) is 24.8 Å². The molecule has 5 heteroatoms. The molecule has 0 saturated carbocycles. The molecule has 1 fully saturated rings. The van der Waals surface area contributed by atoms with Gasteiger partial charge in [0.15, 0.2) is 0 Å². The number of hydrogen-bond acceptors (Lipinski definition) is 3. The van der Waals surface area contributed by atoms with Crippen LogP contribution in [0.1, 0.15) is 29.5 Å². The van der Waals surface area contributed by atoms with Crippen molar-refractivity contribution in [1.29, 1.82) is 5.26 Å². The van der Waals surface area contributed by atoms with Gasteiger partial charge in [-0.2, -0.15) is 5.26 Å². The molecule has 0 spiro atoms. The van der Waals surface area contributed by atoms with E-state index in [2.05, 4.69) is 60.3 Å². The van der Waals surface area contributed by atoms with E-state index in [0.717, 1.165) is 44.4 Å². The van der Waals surface area contributed by atoms with Crippen LogP contribution in [0.3, 0.4) is 0 Å². The van der Waals surface area contributed by atoms with E-state index in [4.69, 9.17) is 23.2 Å². The molecule has 3 aromatic carbocycles. The number of hydrogen-bond donors (Lipinski definition) is 0. The van der Waals surface area contributed by atoms with Crippen LogP contribution in [0.4, 0.5) is 0 Å². The fourth-order valence-electron chi connectivity index (χ4n) is 4.86. The molecule has 0 aromatic heterocycles. The topological polar surface area (TPSA) is 30.3 Å². The first-order chi connectivity index (χ1) is 14.9. The van der Waals surface area contributed by atoms with Gasteiger partial charge in [-0.3, -0.25) is 0 Å². The number of piperidine rings is 1. The highest BCUT2D eigenvalue weighted by molar-refractivity contribution is 6.42. The molecule has 0 atom stereocenters. The fraction of sp³-hybridized carbons (Fsp3) is 0.346. The van der Waals surface area contributed by atoms with Crippen LogP contribution in [0.2, 0.25) is 10.0 Å². The fourth-order valence-corrected chi connectivity index (χ4v) is 5.16. The molecule has 0 unspecified atom stereocenters. The molecule has 1 aliphatic rings. The van der Waals surface area contributed by atoms with Crippen molar-refractivity contribution in [3.8, 4) is 6.07 Å². The Balaban J connectivity index is 1.64. The monoisotopic (exact) mass is 451 g/mol. The molecule has 0 aliphatic carbocycles. The first-order valence-corrected chi connectivity index (χ1v) is 11.4. The standard InChI is InChI=1S/C26H27Cl2N3/c1-30-11-9-26(10-12-30,22-7-8-24(27)25(28)15-22)18-31(2)17-21-14-19(16-29)13-20-5-3-4-6-23(20)21/h3-8,13-15H,9-12,17-18H2,1-2H3. The summed E-state index contributed by atoms with van der Waals surface area (Å²) in [5, 5.41) is 13.0. The molecular formula is C26H27Cl2N3. The van der Waals surface area contributed by atoms with Crippen LogP contribution >= 0.6 is 23.2 Å². The van der Waals surface area contributed by atoms with Gasteiger partial charge in [0.2, 0.25) is 0 Å². The van der Waals surface area contributed by atoms with Gasteiger partial charge in [0.25, 0.3) is 0 Å². The smallest absolute Gasteiger partial charge is 0.0991 e. The molecule has 1 aliphatic heterocycles. The molecule has 3 aromatic rings. The molecule has 0 N–H and O–H groups in total. The van der Waals surface area contributed by atoms with E-state index in [0.29, 0.717) is 15.6 Å². The molecule has 0 amide bonds. The number of likely N-dealkylation sites (tertiary alicyclic amines) is 1. The van der Waals surface area contributed by atoms with Crippen molar-refractivity contribution >= 4 is 34.0 Å². The second kappa shape index (κ2) is 9.18. The van der Waals surface area contributed by atoms with Crippen LogP contribution in [0, 0.1) is 11.3 Å². The van der Waals surface area contributed by atoms with Crippen LogP contribution in [-0.2, 0) is 12.0 Å². The van der Waals surface area contributed by atoms with Crippen molar-refractivity contribution in [3.63, 3.8) is 0 Å². The third-order valence-electron chi connectivity index (χ3n) is 6.57. The van der Waals surface area contributed by atoms with Gasteiger partial charge in [-0.25, -0.2) is 0 Å². The van der Waals surface area contributed by atoms with Crippen LogP contribution in [-0.4, -0.2) is 43.5 Å². The van der Waals surface area contributed by atoms with Crippen molar-refractivity contribution in [2.75, 3.05) is 33.7 Å². The van der Waals surface area contributed by atoms with E-state index in [9.17, 15) is 5.26 Å². The zero-order valence-corrected chi connectivity index (χ0v) is 19.5. The third kappa shape index (κ3) is 4.73. The Morgan fingerprint density at radius 1 is 1.03 bits per heavy atom. The van der Waals surface area contributed by atoms with Gasteiger partial charge in [-0.15, -0.1) is 0 Å². The van der Waals surface area contributed by atoms with Crippen molar-refractivity contribution in [2.24, 2.45) is 0 Å². The lowest BCUT2D eigenvalue weighted by molar-refractivity contribution is 0.140. The average Bonchev–Trinajstić information content (AvgIpc) is 2.77. The first-order valence-electron chi connectivity index (χ1n) is 10.6. The van der Waals surface area contributed by atoms with E-state index < -0.39 is 0 Å². The number of likely N-dealkylation sites (N-methyl/N-ethyl adjacent to an activating group) is 1. The number of nitrogens with zero attached hydrogens (tertiary/aromatic N) is 3. The Bertz CT molecular complexity index is 1130. The Kier molecular flexibility index (Phi) is 6.55. The third-order valence-corrected chi connectivity index (χ3v) is 7.30. The lowest BCUT2D eigenvalue weighted by atomic mass is 9.72. The molecule has 3 nitrogen and oxygen atoms in total. The number of rotatable bonds is 5. The molecule has 31 heavy (non-hydrogen) atoms. The largest absolute Gasteiger partial charge is 0.306 e. The van der Waals surface area contributed by atoms with Gasteiger partial charge in [-0.1, -0.05) is 53.5 Å². The lowest BCUT2D eigenvalue weighted by Gasteiger charge is -2.43. The van der Waals surface area contributed by atoms with E-state index in [1.165, 1.54) is 16.5 Å². The Morgan fingerprint density at radius 2 is 1.77 bits per heavy atom. The summed E-state index contributed by atoms with van der Waals surface area (Å²) in [6.07, 6.45) is 2.15. The first kappa shape index (κ1) is 22.1. The van der Waals surface area contributed by atoms with Crippen LogP contribution in [0.5, 0.6) is 0 Å². The molecule has 0 bridgehead atoms. The highest BCUT2D eigenvalue weighted by Gasteiger charge is 2.36. The zero-order valence-electron chi connectivity index (χ0n) is 18.0. The predicted octanol–water partition coefficient (Wildman–Crippen LogP) is 6.11. The minimum absolute atomic E-state index is 0.0259. The van der Waals surface area contributed by atoms with E-state index >= 15 is 0 Å². The number of nitriles is 1. The van der Waals surface area contributed by atoms with Crippen molar-refractivity contribution in [3.05, 3.63) is 81.3 Å². The van der Waals surface area contributed by atoms with Crippen molar-refractivity contribution < 1.29 is 0 Å². The van der Waals surface area contributed by atoms with E-state index in [-0.39, 0.29) is 5.41 Å². The second-order valence-corrected chi connectivity index (χ2v) is 9.67. The summed E-state index contributed by atoms with van der Waals surface area (Å²) in [7, 11) is 4.35. The van der Waals surface area contributed by atoms with Gasteiger partial charge in [0, 0.05) is 18.5 Å². The summed E-state index contributed by atoms with van der Waals surface area (Å²) in [6.45, 7) is 3.82. The number of halogens is 2. The lowest BCUT2D eigenvalue weighted by Crippen LogP contribution is -2.47. The summed E-state index contributed by atoms with van der Waals surface area (Å²) in [5.74, 6) is 0. The van der Waals surface area contributed by atoms with Gasteiger partial charge in [0.1, 0.15) is 0 Å². The van der Waals surface area contributed by atoms with Gasteiger partial charge in [-0.05, 0) is 86.2 Å². The minimum Gasteiger partial charge on any atom is -0.306 e. The van der Waals surface area contributed by atoms with Crippen molar-refractivity contribution in [1.82, 2.24) is 9.80 Å². The average molecular weight is 452 g/mol. The maximum absolute atomic E-state index is 9.49. The van der Waals surface area contributed by atoms with Gasteiger partial charge < -0.3 is 9.80 Å². The molecule has 0 radical (unpaired) electrons. The Hall–Kier alpha value is -2.09. The Labute approximate surface area is 194 Å². The van der Waals surface area contributed by atoms with E-state index in [1.54, 1.807) is 0 Å². The maximum atomic E-state index is 9.49. The molecule has 1 saturated heterocycles. The highest BCUT2D eigenvalue weighted by Crippen LogP contribution is 2.39. The number of benzene rings is 3. The maximum Gasteiger partial charge on any atom is 0.0991 e. The summed E-state index contributed by atoms with van der Waals surface area (Å²) in [6, 6.07) is 20.7.